The fourth-order valence-electron chi connectivity index (χ4n) is 2.50. The topological polar surface area (TPSA) is 55.1 Å². The summed E-state index contributed by atoms with van der Waals surface area (Å²) >= 11 is 0. The second-order valence-corrected chi connectivity index (χ2v) is 5.32. The fourth-order valence-corrected chi connectivity index (χ4v) is 2.50. The molecule has 0 unspecified atom stereocenters. The average molecular weight is 268 g/mol. The van der Waals surface area contributed by atoms with Gasteiger partial charge in [-0.05, 0) is 56.5 Å². The third-order valence-electron chi connectivity index (χ3n) is 3.36. The Balaban J connectivity index is 2.36. The number of benzene rings is 2. The summed E-state index contributed by atoms with van der Waals surface area (Å²) in [5.74, 6) is -0.114. The lowest BCUT2D eigenvalue weighted by atomic mass is 9.99. The molecule has 0 spiro atoms. The number of carbonyl (C=O) groups excluding carboxylic acids is 1. The van der Waals surface area contributed by atoms with E-state index in [1.165, 1.54) is 0 Å². The second kappa shape index (κ2) is 5.37. The highest BCUT2D eigenvalue weighted by molar-refractivity contribution is 6.07. The number of hydrogen-bond acceptors (Lipinski definition) is 2. The van der Waals surface area contributed by atoms with Crippen LogP contribution in [0.2, 0.25) is 0 Å². The Bertz CT molecular complexity index is 652. The largest absolute Gasteiger partial charge is 0.397 e. The van der Waals surface area contributed by atoms with Crippen molar-refractivity contribution in [3.05, 3.63) is 58.1 Å². The van der Waals surface area contributed by atoms with Crippen LogP contribution < -0.4 is 11.1 Å². The Labute approximate surface area is 119 Å². The molecule has 0 radical (unpaired) electrons. The number of carbonyl (C=O) groups is 1. The number of amides is 1. The molecule has 0 atom stereocenters. The van der Waals surface area contributed by atoms with Crippen LogP contribution in [0.3, 0.4) is 0 Å². The second-order valence-electron chi connectivity index (χ2n) is 5.32. The van der Waals surface area contributed by atoms with Gasteiger partial charge in [-0.25, -0.2) is 0 Å². The van der Waals surface area contributed by atoms with E-state index in [4.69, 9.17) is 5.73 Å². The molecule has 0 aromatic heterocycles. The van der Waals surface area contributed by atoms with Gasteiger partial charge < -0.3 is 11.1 Å². The van der Waals surface area contributed by atoms with E-state index >= 15 is 0 Å². The highest BCUT2D eigenvalue weighted by Gasteiger charge is 2.14. The molecular formula is C17H20N2O. The van der Waals surface area contributed by atoms with Crippen LogP contribution in [-0.4, -0.2) is 5.91 Å². The molecule has 3 N–H and O–H groups in total. The SMILES string of the molecule is Cc1cc(C)c(C(=O)Nc2cc(C)ccc2N)c(C)c1. The zero-order valence-corrected chi connectivity index (χ0v) is 12.4. The minimum Gasteiger partial charge on any atom is -0.397 e. The molecule has 2 aromatic carbocycles. The van der Waals surface area contributed by atoms with Gasteiger partial charge in [0.15, 0.2) is 0 Å². The van der Waals surface area contributed by atoms with Crippen molar-refractivity contribution in [3.8, 4) is 0 Å². The summed E-state index contributed by atoms with van der Waals surface area (Å²) < 4.78 is 0. The van der Waals surface area contributed by atoms with Crippen molar-refractivity contribution in [2.24, 2.45) is 0 Å². The molecule has 2 aromatic rings. The van der Waals surface area contributed by atoms with Crippen molar-refractivity contribution in [3.63, 3.8) is 0 Å². The predicted octanol–water partition coefficient (Wildman–Crippen LogP) is 3.75. The summed E-state index contributed by atoms with van der Waals surface area (Å²) in [6, 6.07) is 9.64. The van der Waals surface area contributed by atoms with Crippen LogP contribution >= 0.6 is 0 Å². The molecule has 2 rings (SSSR count). The van der Waals surface area contributed by atoms with Gasteiger partial charge in [0.2, 0.25) is 0 Å². The van der Waals surface area contributed by atoms with Gasteiger partial charge in [-0.3, -0.25) is 4.79 Å². The lowest BCUT2D eigenvalue weighted by Gasteiger charge is -2.13. The van der Waals surface area contributed by atoms with Gasteiger partial charge >= 0.3 is 0 Å². The molecule has 3 heteroatoms. The Morgan fingerprint density at radius 1 is 0.950 bits per heavy atom. The molecule has 0 saturated heterocycles. The van der Waals surface area contributed by atoms with Crippen molar-refractivity contribution >= 4 is 17.3 Å². The molecular weight excluding hydrogens is 248 g/mol. The molecule has 0 bridgehead atoms. The molecule has 0 aliphatic rings. The van der Waals surface area contributed by atoms with E-state index in [0.717, 1.165) is 27.8 Å². The molecule has 0 aliphatic heterocycles. The highest BCUT2D eigenvalue weighted by Crippen LogP contribution is 2.22. The maximum atomic E-state index is 12.5. The zero-order valence-electron chi connectivity index (χ0n) is 12.4. The minimum atomic E-state index is -0.114. The summed E-state index contributed by atoms with van der Waals surface area (Å²) in [5, 5.41) is 2.90. The van der Waals surface area contributed by atoms with Gasteiger partial charge in [0, 0.05) is 5.56 Å². The maximum Gasteiger partial charge on any atom is 0.256 e. The number of anilines is 2. The predicted molar refractivity (Wildman–Crippen MR) is 84.2 cm³/mol. The van der Waals surface area contributed by atoms with Crippen molar-refractivity contribution in [1.29, 1.82) is 0 Å². The van der Waals surface area contributed by atoms with Crippen LogP contribution in [0.4, 0.5) is 11.4 Å². The molecule has 0 fully saturated rings. The highest BCUT2D eigenvalue weighted by atomic mass is 16.1. The van der Waals surface area contributed by atoms with Crippen LogP contribution in [0, 0.1) is 27.7 Å². The van der Waals surface area contributed by atoms with E-state index < -0.39 is 0 Å². The lowest BCUT2D eigenvalue weighted by molar-refractivity contribution is 0.102. The first kappa shape index (κ1) is 14.1. The average Bonchev–Trinajstić information content (AvgIpc) is 2.32. The van der Waals surface area contributed by atoms with Gasteiger partial charge in [0.25, 0.3) is 5.91 Å². The number of aryl methyl sites for hydroxylation is 4. The van der Waals surface area contributed by atoms with Gasteiger partial charge in [-0.1, -0.05) is 23.8 Å². The lowest BCUT2D eigenvalue weighted by Crippen LogP contribution is -2.16. The van der Waals surface area contributed by atoms with E-state index in [0.29, 0.717) is 11.4 Å². The molecule has 20 heavy (non-hydrogen) atoms. The van der Waals surface area contributed by atoms with Gasteiger partial charge in [-0.2, -0.15) is 0 Å². The van der Waals surface area contributed by atoms with Gasteiger partial charge in [-0.15, -0.1) is 0 Å². The zero-order chi connectivity index (χ0) is 14.9. The number of nitrogens with one attached hydrogen (secondary N) is 1. The Morgan fingerprint density at radius 3 is 2.15 bits per heavy atom. The first-order valence-electron chi connectivity index (χ1n) is 6.64. The quantitative estimate of drug-likeness (QED) is 0.815. The first-order chi connectivity index (χ1) is 9.38. The van der Waals surface area contributed by atoms with E-state index in [-0.39, 0.29) is 5.91 Å². The summed E-state index contributed by atoms with van der Waals surface area (Å²) in [7, 11) is 0. The molecule has 104 valence electrons. The maximum absolute atomic E-state index is 12.5. The normalized spacial score (nSPS) is 10.4. The molecule has 0 heterocycles. The molecule has 3 nitrogen and oxygen atoms in total. The first-order valence-corrected chi connectivity index (χ1v) is 6.64. The van der Waals surface area contributed by atoms with Gasteiger partial charge in [0.05, 0.1) is 11.4 Å². The van der Waals surface area contributed by atoms with E-state index in [2.05, 4.69) is 5.32 Å². The number of nitrogens with two attached hydrogens (primary N) is 1. The van der Waals surface area contributed by atoms with E-state index in [1.807, 2.05) is 52.0 Å². The Morgan fingerprint density at radius 2 is 1.55 bits per heavy atom. The molecule has 0 saturated carbocycles. The van der Waals surface area contributed by atoms with Crippen LogP contribution in [0.25, 0.3) is 0 Å². The number of rotatable bonds is 2. The summed E-state index contributed by atoms with van der Waals surface area (Å²) in [6.07, 6.45) is 0. The molecule has 0 aliphatic carbocycles. The minimum absolute atomic E-state index is 0.114. The smallest absolute Gasteiger partial charge is 0.256 e. The standard InChI is InChI=1S/C17H20N2O/c1-10-5-6-14(18)15(9-10)19-17(20)16-12(3)7-11(2)8-13(16)4/h5-9H,18H2,1-4H3,(H,19,20). The van der Waals surface area contributed by atoms with Crippen LogP contribution in [0.1, 0.15) is 32.6 Å². The van der Waals surface area contributed by atoms with Crippen LogP contribution in [-0.2, 0) is 0 Å². The monoisotopic (exact) mass is 268 g/mol. The van der Waals surface area contributed by atoms with E-state index in [1.54, 1.807) is 6.07 Å². The van der Waals surface area contributed by atoms with Crippen LogP contribution in [0.5, 0.6) is 0 Å². The molecule has 1 amide bonds. The third kappa shape index (κ3) is 2.82. The summed E-state index contributed by atoms with van der Waals surface area (Å²) in [6.45, 7) is 7.90. The fraction of sp³-hybridized carbons (Fsp3) is 0.235. The number of nitrogen functional groups attached to an aromatic ring is 1. The van der Waals surface area contributed by atoms with Crippen molar-refractivity contribution in [2.45, 2.75) is 27.7 Å². The van der Waals surface area contributed by atoms with Crippen molar-refractivity contribution in [1.82, 2.24) is 0 Å². The van der Waals surface area contributed by atoms with Crippen molar-refractivity contribution in [2.75, 3.05) is 11.1 Å². The van der Waals surface area contributed by atoms with Gasteiger partial charge in [0.1, 0.15) is 0 Å². The number of hydrogen-bond donors (Lipinski definition) is 2. The Hall–Kier alpha value is -2.29. The third-order valence-corrected chi connectivity index (χ3v) is 3.36. The van der Waals surface area contributed by atoms with Crippen LogP contribution in [0.15, 0.2) is 30.3 Å². The summed E-state index contributed by atoms with van der Waals surface area (Å²) in [4.78, 5) is 12.5. The summed E-state index contributed by atoms with van der Waals surface area (Å²) in [5.41, 5.74) is 12.0. The Kier molecular flexibility index (Phi) is 3.79. The van der Waals surface area contributed by atoms with Crippen molar-refractivity contribution < 1.29 is 4.79 Å². The van der Waals surface area contributed by atoms with E-state index in [9.17, 15) is 4.79 Å².